The number of benzene rings is 1. The highest BCUT2D eigenvalue weighted by atomic mass is 79.9. The van der Waals surface area contributed by atoms with Crippen molar-refractivity contribution < 1.29 is 9.90 Å². The quantitative estimate of drug-likeness (QED) is 0.896. The Bertz CT molecular complexity index is 578. The van der Waals surface area contributed by atoms with E-state index in [1.54, 1.807) is 0 Å². The van der Waals surface area contributed by atoms with Gasteiger partial charge in [0.05, 0.1) is 16.7 Å². The summed E-state index contributed by atoms with van der Waals surface area (Å²) >= 11 is 3.40. The smallest absolute Gasteiger partial charge is 0.311 e. The van der Waals surface area contributed by atoms with Gasteiger partial charge in [0, 0.05) is 17.6 Å². The topological polar surface area (TPSA) is 64.3 Å². The third-order valence-electron chi connectivity index (χ3n) is 4.20. The van der Waals surface area contributed by atoms with Crippen molar-refractivity contribution in [1.82, 2.24) is 0 Å². The molecule has 0 saturated carbocycles. The number of nitrogens with zero attached hydrogens (tertiary/aromatic N) is 2. The number of piperidine rings is 1. The van der Waals surface area contributed by atoms with Crippen molar-refractivity contribution in [1.29, 1.82) is 5.26 Å². The van der Waals surface area contributed by atoms with Crippen LogP contribution in [0.25, 0.3) is 0 Å². The van der Waals surface area contributed by atoms with Crippen LogP contribution < -0.4 is 4.90 Å². The molecule has 0 radical (unpaired) electrons. The largest absolute Gasteiger partial charge is 0.481 e. The minimum Gasteiger partial charge on any atom is -0.481 e. The van der Waals surface area contributed by atoms with Crippen molar-refractivity contribution in [3.05, 3.63) is 28.2 Å². The van der Waals surface area contributed by atoms with Crippen molar-refractivity contribution in [2.45, 2.75) is 32.6 Å². The number of anilines is 1. The van der Waals surface area contributed by atoms with Crippen molar-refractivity contribution in [3.63, 3.8) is 0 Å². The third kappa shape index (κ3) is 3.06. The van der Waals surface area contributed by atoms with Crippen LogP contribution >= 0.6 is 15.9 Å². The van der Waals surface area contributed by atoms with Gasteiger partial charge in [-0.1, -0.05) is 19.4 Å². The standard InChI is InChI=1S/C16H19BrN2O2/c1-2-7-16(15(20)21)8-4-9-19(11-16)14-6-3-5-13(17)12(14)10-18/h3,5-6H,2,4,7-9,11H2,1H3,(H,20,21). The molecule has 21 heavy (non-hydrogen) atoms. The summed E-state index contributed by atoms with van der Waals surface area (Å²) in [5, 5.41) is 19.0. The number of carbonyl (C=O) groups is 1. The van der Waals surface area contributed by atoms with Crippen molar-refractivity contribution >= 4 is 27.6 Å². The third-order valence-corrected chi connectivity index (χ3v) is 4.86. The van der Waals surface area contributed by atoms with Crippen LogP contribution in [0, 0.1) is 16.7 Å². The monoisotopic (exact) mass is 350 g/mol. The second-order valence-corrected chi connectivity index (χ2v) is 6.46. The van der Waals surface area contributed by atoms with E-state index < -0.39 is 11.4 Å². The maximum atomic E-state index is 11.8. The SMILES string of the molecule is CCCC1(C(=O)O)CCCN(c2cccc(Br)c2C#N)C1. The molecule has 2 rings (SSSR count). The second-order valence-electron chi connectivity index (χ2n) is 5.61. The van der Waals surface area contributed by atoms with Gasteiger partial charge in [0.1, 0.15) is 6.07 Å². The lowest BCUT2D eigenvalue weighted by Gasteiger charge is -2.41. The molecular weight excluding hydrogens is 332 g/mol. The van der Waals surface area contributed by atoms with E-state index in [-0.39, 0.29) is 0 Å². The Morgan fingerprint density at radius 3 is 2.95 bits per heavy atom. The molecule has 1 N–H and O–H groups in total. The molecule has 0 bridgehead atoms. The molecule has 1 fully saturated rings. The van der Waals surface area contributed by atoms with Gasteiger partial charge in [-0.3, -0.25) is 4.79 Å². The molecular formula is C16H19BrN2O2. The van der Waals surface area contributed by atoms with Crippen molar-refractivity contribution in [3.8, 4) is 6.07 Å². The van der Waals surface area contributed by atoms with Gasteiger partial charge < -0.3 is 10.0 Å². The van der Waals surface area contributed by atoms with E-state index in [1.165, 1.54) is 0 Å². The first-order valence-electron chi connectivity index (χ1n) is 7.21. The summed E-state index contributed by atoms with van der Waals surface area (Å²) in [5.74, 6) is -0.720. The summed E-state index contributed by atoms with van der Waals surface area (Å²) in [6.45, 7) is 3.29. The number of hydrogen-bond acceptors (Lipinski definition) is 3. The molecule has 1 aliphatic heterocycles. The molecule has 1 aromatic rings. The molecule has 1 saturated heterocycles. The molecule has 1 heterocycles. The lowest BCUT2D eigenvalue weighted by molar-refractivity contribution is -0.150. The summed E-state index contributed by atoms with van der Waals surface area (Å²) < 4.78 is 0.754. The number of halogens is 1. The first-order valence-corrected chi connectivity index (χ1v) is 8.00. The average molecular weight is 351 g/mol. The Hall–Kier alpha value is -1.54. The molecule has 1 aromatic carbocycles. The number of nitriles is 1. The Labute approximate surface area is 133 Å². The van der Waals surface area contributed by atoms with E-state index in [2.05, 4.69) is 26.9 Å². The minimum absolute atomic E-state index is 0.474. The zero-order valence-corrected chi connectivity index (χ0v) is 13.7. The molecule has 0 aromatic heterocycles. The normalized spacial score (nSPS) is 21.9. The molecule has 1 unspecified atom stereocenters. The Morgan fingerprint density at radius 2 is 2.33 bits per heavy atom. The predicted molar refractivity (Wildman–Crippen MR) is 85.3 cm³/mol. The molecule has 1 atom stereocenters. The van der Waals surface area contributed by atoms with E-state index >= 15 is 0 Å². The highest BCUT2D eigenvalue weighted by Crippen LogP contribution is 2.38. The van der Waals surface area contributed by atoms with E-state index in [0.29, 0.717) is 24.9 Å². The highest BCUT2D eigenvalue weighted by Gasteiger charge is 2.42. The first kappa shape index (κ1) is 15.8. The van der Waals surface area contributed by atoms with Crippen LogP contribution in [0.15, 0.2) is 22.7 Å². The fourth-order valence-corrected chi connectivity index (χ4v) is 3.63. The Morgan fingerprint density at radius 1 is 1.57 bits per heavy atom. The molecule has 0 aliphatic carbocycles. The lowest BCUT2D eigenvalue weighted by atomic mass is 9.76. The fourth-order valence-electron chi connectivity index (χ4n) is 3.19. The van der Waals surface area contributed by atoms with E-state index in [9.17, 15) is 15.2 Å². The van der Waals surface area contributed by atoms with Crippen LogP contribution in [-0.2, 0) is 4.79 Å². The van der Waals surface area contributed by atoms with Crippen LogP contribution in [0.2, 0.25) is 0 Å². The number of rotatable bonds is 4. The van der Waals surface area contributed by atoms with Gasteiger partial charge >= 0.3 is 5.97 Å². The molecule has 1 aliphatic rings. The Kier molecular flexibility index (Phi) is 4.89. The van der Waals surface area contributed by atoms with Crippen LogP contribution in [-0.4, -0.2) is 24.2 Å². The number of hydrogen-bond donors (Lipinski definition) is 1. The van der Waals surface area contributed by atoms with Crippen LogP contribution in [0.5, 0.6) is 0 Å². The summed E-state index contributed by atoms with van der Waals surface area (Å²) in [7, 11) is 0. The number of aliphatic carboxylic acids is 1. The molecule has 5 heteroatoms. The van der Waals surface area contributed by atoms with Crippen molar-refractivity contribution in [2.24, 2.45) is 5.41 Å². The minimum atomic E-state index is -0.720. The Balaban J connectivity index is 2.36. The van der Waals surface area contributed by atoms with Gasteiger partial charge in [-0.2, -0.15) is 5.26 Å². The van der Waals surface area contributed by atoms with E-state index in [1.807, 2.05) is 25.1 Å². The summed E-state index contributed by atoms with van der Waals surface area (Å²) in [5.41, 5.74) is 0.714. The predicted octanol–water partition coefficient (Wildman–Crippen LogP) is 3.79. The van der Waals surface area contributed by atoms with Crippen LogP contribution in [0.4, 0.5) is 5.69 Å². The van der Waals surface area contributed by atoms with Gasteiger partial charge in [-0.25, -0.2) is 0 Å². The maximum Gasteiger partial charge on any atom is 0.311 e. The van der Waals surface area contributed by atoms with Gasteiger partial charge in [-0.15, -0.1) is 0 Å². The number of carboxylic acids is 1. The first-order chi connectivity index (χ1) is 10.0. The van der Waals surface area contributed by atoms with Gasteiger partial charge in [0.25, 0.3) is 0 Å². The zero-order valence-electron chi connectivity index (χ0n) is 12.1. The molecule has 0 amide bonds. The molecule has 4 nitrogen and oxygen atoms in total. The second kappa shape index (κ2) is 6.48. The van der Waals surface area contributed by atoms with E-state index in [0.717, 1.165) is 29.5 Å². The average Bonchev–Trinajstić information content (AvgIpc) is 2.47. The molecule has 112 valence electrons. The van der Waals surface area contributed by atoms with Crippen molar-refractivity contribution in [2.75, 3.05) is 18.0 Å². The van der Waals surface area contributed by atoms with Crippen LogP contribution in [0.3, 0.4) is 0 Å². The van der Waals surface area contributed by atoms with Gasteiger partial charge in [0.2, 0.25) is 0 Å². The highest BCUT2D eigenvalue weighted by molar-refractivity contribution is 9.10. The summed E-state index contributed by atoms with van der Waals surface area (Å²) in [4.78, 5) is 13.8. The summed E-state index contributed by atoms with van der Waals surface area (Å²) in [6.07, 6.45) is 3.07. The lowest BCUT2D eigenvalue weighted by Crippen LogP contribution is -2.48. The zero-order chi connectivity index (χ0) is 15.5. The van der Waals surface area contributed by atoms with E-state index in [4.69, 9.17) is 0 Å². The summed E-state index contributed by atoms with van der Waals surface area (Å²) in [6, 6.07) is 7.83. The molecule has 0 spiro atoms. The van der Waals surface area contributed by atoms with Gasteiger partial charge in [-0.05, 0) is 47.3 Å². The fraction of sp³-hybridized carbons (Fsp3) is 0.500. The van der Waals surface area contributed by atoms with Crippen LogP contribution in [0.1, 0.15) is 38.2 Å². The van der Waals surface area contributed by atoms with Gasteiger partial charge in [0.15, 0.2) is 0 Å². The maximum absolute atomic E-state index is 11.8. The number of carboxylic acid groups (broad SMARTS) is 1.